The fourth-order valence-electron chi connectivity index (χ4n) is 1.01. The lowest BCUT2D eigenvalue weighted by atomic mass is 10.2. The Morgan fingerprint density at radius 3 is 2.67 bits per heavy atom. The molecular formula is C8H10N2O4S. The number of primary amides is 1. The summed E-state index contributed by atoms with van der Waals surface area (Å²) >= 11 is 0. The molecule has 82 valence electrons. The van der Waals surface area contributed by atoms with Gasteiger partial charge in [0.05, 0.1) is 0 Å². The van der Waals surface area contributed by atoms with Gasteiger partial charge in [-0.3, -0.25) is 14.3 Å². The van der Waals surface area contributed by atoms with Crippen molar-refractivity contribution in [2.45, 2.75) is 12.2 Å². The first-order chi connectivity index (χ1) is 6.82. The molecule has 1 rings (SSSR count). The van der Waals surface area contributed by atoms with Crippen molar-refractivity contribution in [3.8, 4) is 0 Å². The Morgan fingerprint density at radius 1 is 1.60 bits per heavy atom. The van der Waals surface area contributed by atoms with Crippen molar-refractivity contribution in [2.24, 2.45) is 5.73 Å². The van der Waals surface area contributed by atoms with Crippen molar-refractivity contribution in [1.29, 1.82) is 0 Å². The highest BCUT2D eigenvalue weighted by Gasteiger charge is 2.20. The van der Waals surface area contributed by atoms with Gasteiger partial charge in [0, 0.05) is 6.20 Å². The molecule has 1 aromatic rings. The van der Waals surface area contributed by atoms with Gasteiger partial charge in [-0.15, -0.1) is 0 Å². The number of hydrogen-bond acceptors (Lipinski definition) is 4. The molecule has 0 fully saturated rings. The van der Waals surface area contributed by atoms with Crippen LogP contribution in [0, 0.1) is 0 Å². The Balaban J connectivity index is 3.17. The molecule has 0 saturated heterocycles. The van der Waals surface area contributed by atoms with E-state index in [1.54, 1.807) is 0 Å². The second-order valence-corrected chi connectivity index (χ2v) is 4.73. The smallest absolute Gasteiger partial charge is 0.271 e. The van der Waals surface area contributed by atoms with Gasteiger partial charge in [0.1, 0.15) is 10.9 Å². The monoisotopic (exact) mass is 230 g/mol. The first-order valence-electron chi connectivity index (χ1n) is 4.04. The van der Waals surface area contributed by atoms with Crippen LogP contribution >= 0.6 is 0 Å². The molecule has 1 atom stereocenters. The fourth-order valence-corrected chi connectivity index (χ4v) is 1.50. The standard InChI is InChI=1S/C8H10N2O4S/c1-5(15(12,13)14)6-2-3-10-7(4-6)8(9)11/h2-5H,1H3,(H2,9,11)(H,12,13,14). The van der Waals surface area contributed by atoms with E-state index in [4.69, 9.17) is 10.3 Å². The molecule has 3 N–H and O–H groups in total. The highest BCUT2D eigenvalue weighted by atomic mass is 32.2. The van der Waals surface area contributed by atoms with Crippen LogP contribution in [-0.4, -0.2) is 23.9 Å². The Hall–Kier alpha value is -1.47. The van der Waals surface area contributed by atoms with Gasteiger partial charge >= 0.3 is 0 Å². The topological polar surface area (TPSA) is 110 Å². The van der Waals surface area contributed by atoms with E-state index in [1.807, 2.05) is 0 Å². The summed E-state index contributed by atoms with van der Waals surface area (Å²) in [5, 5.41) is -1.11. The average Bonchev–Trinajstić information content (AvgIpc) is 2.15. The largest absolute Gasteiger partial charge is 0.364 e. The van der Waals surface area contributed by atoms with Gasteiger partial charge < -0.3 is 5.73 Å². The molecule has 1 amide bonds. The molecule has 0 spiro atoms. The number of amides is 1. The number of carbonyl (C=O) groups is 1. The molecule has 0 aromatic carbocycles. The van der Waals surface area contributed by atoms with Crippen molar-refractivity contribution in [1.82, 2.24) is 4.98 Å². The summed E-state index contributed by atoms with van der Waals surface area (Å²) in [6, 6.07) is 2.63. The maximum Gasteiger partial charge on any atom is 0.271 e. The van der Waals surface area contributed by atoms with E-state index < -0.39 is 21.3 Å². The van der Waals surface area contributed by atoms with Gasteiger partial charge in [0.15, 0.2) is 0 Å². The molecule has 1 unspecified atom stereocenters. The number of hydrogen-bond donors (Lipinski definition) is 2. The summed E-state index contributed by atoms with van der Waals surface area (Å²) in [5.74, 6) is -0.751. The minimum absolute atomic E-state index is 0.0389. The third-order valence-electron chi connectivity index (χ3n) is 1.95. The van der Waals surface area contributed by atoms with Crippen molar-refractivity contribution < 1.29 is 17.8 Å². The highest BCUT2D eigenvalue weighted by molar-refractivity contribution is 7.86. The third-order valence-corrected chi connectivity index (χ3v) is 3.12. The van der Waals surface area contributed by atoms with Crippen LogP contribution < -0.4 is 5.73 Å². The first-order valence-corrected chi connectivity index (χ1v) is 5.54. The molecule has 0 aliphatic carbocycles. The number of nitrogens with zero attached hydrogens (tertiary/aromatic N) is 1. The van der Waals surface area contributed by atoms with Crippen molar-refractivity contribution >= 4 is 16.0 Å². The summed E-state index contributed by atoms with van der Waals surface area (Å²) < 4.78 is 30.5. The Kier molecular flexibility index (Phi) is 3.06. The van der Waals surface area contributed by atoms with Crippen LogP contribution in [0.25, 0.3) is 0 Å². The summed E-state index contributed by atoms with van der Waals surface area (Å²) in [4.78, 5) is 14.4. The van der Waals surface area contributed by atoms with Gasteiger partial charge in [-0.05, 0) is 24.6 Å². The van der Waals surface area contributed by atoms with E-state index in [2.05, 4.69) is 4.98 Å². The summed E-state index contributed by atoms with van der Waals surface area (Å²) in [6.45, 7) is 1.30. The predicted octanol–water partition coefficient (Wildman–Crippen LogP) is 0.129. The van der Waals surface area contributed by atoms with E-state index >= 15 is 0 Å². The Labute approximate surface area is 86.9 Å². The summed E-state index contributed by atoms with van der Waals surface area (Å²) in [5.41, 5.74) is 5.20. The van der Waals surface area contributed by atoms with Gasteiger partial charge in [0.25, 0.3) is 16.0 Å². The van der Waals surface area contributed by atoms with Crippen LogP contribution in [0.4, 0.5) is 0 Å². The molecule has 6 nitrogen and oxygen atoms in total. The summed E-state index contributed by atoms with van der Waals surface area (Å²) in [7, 11) is -4.18. The molecule has 0 bridgehead atoms. The second kappa shape index (κ2) is 3.95. The van der Waals surface area contributed by atoms with Crippen molar-refractivity contribution in [2.75, 3.05) is 0 Å². The zero-order valence-corrected chi connectivity index (χ0v) is 8.73. The van der Waals surface area contributed by atoms with Gasteiger partial charge in [0.2, 0.25) is 0 Å². The first kappa shape index (κ1) is 11.6. The molecule has 0 aliphatic rings. The molecule has 1 aromatic heterocycles. The molecule has 0 saturated carbocycles. The highest BCUT2D eigenvalue weighted by Crippen LogP contribution is 2.20. The van der Waals surface area contributed by atoms with E-state index in [0.717, 1.165) is 0 Å². The van der Waals surface area contributed by atoms with Crippen LogP contribution in [0.1, 0.15) is 28.2 Å². The fraction of sp³-hybridized carbons (Fsp3) is 0.250. The summed E-state index contributed by atoms with van der Waals surface area (Å²) in [6.07, 6.45) is 1.26. The zero-order valence-electron chi connectivity index (χ0n) is 7.91. The van der Waals surface area contributed by atoms with Crippen LogP contribution in [-0.2, 0) is 10.1 Å². The maximum absolute atomic E-state index is 10.8. The van der Waals surface area contributed by atoms with Crippen LogP contribution in [0.15, 0.2) is 18.3 Å². The van der Waals surface area contributed by atoms with Gasteiger partial charge in [-0.1, -0.05) is 0 Å². The van der Waals surface area contributed by atoms with E-state index in [-0.39, 0.29) is 11.3 Å². The normalized spacial score (nSPS) is 13.5. The van der Waals surface area contributed by atoms with E-state index in [0.29, 0.717) is 0 Å². The lowest BCUT2D eigenvalue weighted by Crippen LogP contribution is -2.15. The quantitative estimate of drug-likeness (QED) is 0.717. The number of pyridine rings is 1. The molecule has 15 heavy (non-hydrogen) atoms. The minimum Gasteiger partial charge on any atom is -0.364 e. The van der Waals surface area contributed by atoms with E-state index in [1.165, 1.54) is 25.3 Å². The lowest BCUT2D eigenvalue weighted by molar-refractivity contribution is 0.0995. The molecule has 0 aliphatic heterocycles. The second-order valence-electron chi connectivity index (χ2n) is 3.00. The molecule has 1 heterocycles. The Morgan fingerprint density at radius 2 is 2.20 bits per heavy atom. The maximum atomic E-state index is 10.8. The number of aromatic nitrogens is 1. The average molecular weight is 230 g/mol. The third kappa shape index (κ3) is 2.74. The van der Waals surface area contributed by atoms with Gasteiger partial charge in [-0.25, -0.2) is 0 Å². The minimum atomic E-state index is -4.18. The van der Waals surface area contributed by atoms with Crippen molar-refractivity contribution in [3.63, 3.8) is 0 Å². The van der Waals surface area contributed by atoms with E-state index in [9.17, 15) is 13.2 Å². The zero-order chi connectivity index (χ0) is 11.6. The SMILES string of the molecule is CC(c1ccnc(C(N)=O)c1)S(=O)(=O)O. The number of nitrogens with two attached hydrogens (primary N) is 1. The molecule has 0 radical (unpaired) electrons. The molecule has 7 heteroatoms. The van der Waals surface area contributed by atoms with Crippen LogP contribution in [0.2, 0.25) is 0 Å². The number of rotatable bonds is 3. The number of carbonyl (C=O) groups excluding carboxylic acids is 1. The van der Waals surface area contributed by atoms with Crippen LogP contribution in [0.5, 0.6) is 0 Å². The van der Waals surface area contributed by atoms with Gasteiger partial charge in [-0.2, -0.15) is 8.42 Å². The molecular weight excluding hydrogens is 220 g/mol. The Bertz CT molecular complexity index is 483. The van der Waals surface area contributed by atoms with Crippen molar-refractivity contribution in [3.05, 3.63) is 29.6 Å². The van der Waals surface area contributed by atoms with Crippen LogP contribution in [0.3, 0.4) is 0 Å². The lowest BCUT2D eigenvalue weighted by Gasteiger charge is -2.08. The predicted molar refractivity (Wildman–Crippen MR) is 52.7 cm³/mol.